The average Bonchev–Trinajstić information content (AvgIpc) is 2.64. The first-order valence-corrected chi connectivity index (χ1v) is 6.56. The Morgan fingerprint density at radius 1 is 1.28 bits per heavy atom. The zero-order chi connectivity index (χ0) is 12.8. The fraction of sp³-hybridized carbons (Fsp3) is 0.571. The summed E-state index contributed by atoms with van der Waals surface area (Å²) in [4.78, 5) is 0. The third-order valence-electron chi connectivity index (χ3n) is 3.12. The van der Waals surface area contributed by atoms with Crippen LogP contribution < -0.4 is 14.8 Å². The van der Waals surface area contributed by atoms with Crippen LogP contribution in [0.4, 0.5) is 0 Å². The van der Waals surface area contributed by atoms with Gasteiger partial charge in [-0.2, -0.15) is 0 Å². The third-order valence-corrected chi connectivity index (χ3v) is 3.12. The summed E-state index contributed by atoms with van der Waals surface area (Å²) in [6.45, 7) is 4.38. The Bertz CT molecular complexity index is 377. The Morgan fingerprint density at radius 2 is 2.06 bits per heavy atom. The highest BCUT2D eigenvalue weighted by atomic mass is 16.5. The second-order valence-electron chi connectivity index (χ2n) is 4.50. The maximum absolute atomic E-state index is 9.13. The van der Waals surface area contributed by atoms with Gasteiger partial charge in [-0.15, -0.1) is 0 Å². The second kappa shape index (κ2) is 6.61. The minimum Gasteiger partial charge on any atom is -0.490 e. The molecule has 18 heavy (non-hydrogen) atoms. The van der Waals surface area contributed by atoms with E-state index in [9.17, 15) is 0 Å². The lowest BCUT2D eigenvalue weighted by atomic mass is 10.1. The summed E-state index contributed by atoms with van der Waals surface area (Å²) in [6.07, 6.45) is 1.84. The molecule has 0 amide bonds. The molecule has 0 unspecified atom stereocenters. The highest BCUT2D eigenvalue weighted by Gasteiger charge is 2.11. The Balaban J connectivity index is 1.99. The van der Waals surface area contributed by atoms with E-state index in [0.29, 0.717) is 13.2 Å². The van der Waals surface area contributed by atoms with Crippen LogP contribution in [0.1, 0.15) is 25.3 Å². The average molecular weight is 251 g/mol. The van der Waals surface area contributed by atoms with Gasteiger partial charge in [0.25, 0.3) is 0 Å². The maximum Gasteiger partial charge on any atom is 0.161 e. The van der Waals surface area contributed by atoms with Crippen LogP contribution in [-0.2, 0) is 6.54 Å². The van der Waals surface area contributed by atoms with Crippen molar-refractivity contribution in [3.05, 3.63) is 23.8 Å². The van der Waals surface area contributed by atoms with Gasteiger partial charge in [-0.1, -0.05) is 13.0 Å². The van der Waals surface area contributed by atoms with Gasteiger partial charge in [0.15, 0.2) is 11.5 Å². The quantitative estimate of drug-likeness (QED) is 0.836. The van der Waals surface area contributed by atoms with Gasteiger partial charge in [-0.3, -0.25) is 0 Å². The summed E-state index contributed by atoms with van der Waals surface area (Å²) in [6, 6.07) is 6.15. The summed E-state index contributed by atoms with van der Waals surface area (Å²) in [5.74, 6) is 1.65. The first-order valence-electron chi connectivity index (χ1n) is 6.56. The maximum atomic E-state index is 9.13. The van der Waals surface area contributed by atoms with Crippen LogP contribution >= 0.6 is 0 Å². The van der Waals surface area contributed by atoms with Crippen LogP contribution in [0.2, 0.25) is 0 Å². The molecule has 2 N–H and O–H groups in total. The molecular weight excluding hydrogens is 230 g/mol. The summed E-state index contributed by atoms with van der Waals surface area (Å²) in [5.41, 5.74) is 1.14. The lowest BCUT2D eigenvalue weighted by molar-refractivity contribution is 0.238. The van der Waals surface area contributed by atoms with Crippen molar-refractivity contribution in [2.75, 3.05) is 19.8 Å². The van der Waals surface area contributed by atoms with Crippen molar-refractivity contribution in [3.8, 4) is 11.5 Å². The Morgan fingerprint density at radius 3 is 2.78 bits per heavy atom. The molecule has 1 heterocycles. The number of hydrogen-bond acceptors (Lipinski definition) is 4. The predicted octanol–water partition coefficient (Wildman–Crippen LogP) is 1.71. The highest BCUT2D eigenvalue weighted by Crippen LogP contribution is 2.30. The van der Waals surface area contributed by atoms with Crippen molar-refractivity contribution in [3.63, 3.8) is 0 Å². The molecule has 0 bridgehead atoms. The van der Waals surface area contributed by atoms with Gasteiger partial charge in [0, 0.05) is 19.0 Å². The number of ether oxygens (including phenoxy) is 2. The summed E-state index contributed by atoms with van der Waals surface area (Å²) in [5, 5.41) is 12.4. The van der Waals surface area contributed by atoms with Gasteiger partial charge in [0.2, 0.25) is 0 Å². The monoisotopic (exact) mass is 251 g/mol. The smallest absolute Gasteiger partial charge is 0.161 e. The first-order chi connectivity index (χ1) is 8.83. The first kappa shape index (κ1) is 13.2. The van der Waals surface area contributed by atoms with Crippen molar-refractivity contribution < 1.29 is 14.6 Å². The van der Waals surface area contributed by atoms with Crippen LogP contribution in [0.3, 0.4) is 0 Å². The molecule has 0 aliphatic carbocycles. The van der Waals surface area contributed by atoms with Crippen LogP contribution in [0, 0.1) is 0 Å². The molecule has 4 nitrogen and oxygen atoms in total. The summed E-state index contributed by atoms with van der Waals surface area (Å²) >= 11 is 0. The van der Waals surface area contributed by atoms with Crippen molar-refractivity contribution in [2.45, 2.75) is 32.4 Å². The van der Waals surface area contributed by atoms with E-state index in [1.165, 1.54) is 0 Å². The Kier molecular flexibility index (Phi) is 4.84. The van der Waals surface area contributed by atoms with Crippen molar-refractivity contribution >= 4 is 0 Å². The minimum absolute atomic E-state index is 0.154. The number of benzene rings is 1. The van der Waals surface area contributed by atoms with Crippen LogP contribution in [0.15, 0.2) is 18.2 Å². The molecule has 0 saturated carbocycles. The van der Waals surface area contributed by atoms with Crippen molar-refractivity contribution in [1.29, 1.82) is 0 Å². The normalized spacial score (nSPS) is 16.1. The van der Waals surface area contributed by atoms with E-state index < -0.39 is 0 Å². The molecule has 2 rings (SSSR count). The Hall–Kier alpha value is -1.26. The number of rotatable bonds is 5. The van der Waals surface area contributed by atoms with Gasteiger partial charge in [0.1, 0.15) is 0 Å². The number of fused-ring (bicyclic) bond motifs is 1. The van der Waals surface area contributed by atoms with Crippen molar-refractivity contribution in [2.24, 2.45) is 0 Å². The van der Waals surface area contributed by atoms with E-state index in [1.807, 2.05) is 18.2 Å². The largest absolute Gasteiger partial charge is 0.490 e. The Labute approximate surface area is 108 Å². The number of aliphatic hydroxyl groups excluding tert-OH is 1. The molecule has 1 aliphatic rings. The van der Waals surface area contributed by atoms with Gasteiger partial charge in [-0.25, -0.2) is 0 Å². The third kappa shape index (κ3) is 3.37. The highest BCUT2D eigenvalue weighted by molar-refractivity contribution is 5.43. The zero-order valence-electron chi connectivity index (χ0n) is 10.8. The van der Waals surface area contributed by atoms with Crippen molar-refractivity contribution in [1.82, 2.24) is 5.32 Å². The second-order valence-corrected chi connectivity index (χ2v) is 4.50. The minimum atomic E-state index is 0.154. The van der Waals surface area contributed by atoms with E-state index >= 15 is 0 Å². The van der Waals surface area contributed by atoms with Gasteiger partial charge in [0.05, 0.1) is 19.8 Å². The summed E-state index contributed by atoms with van der Waals surface area (Å²) < 4.78 is 11.2. The van der Waals surface area contributed by atoms with Crippen LogP contribution in [0.5, 0.6) is 11.5 Å². The predicted molar refractivity (Wildman–Crippen MR) is 70.1 cm³/mol. The standard InChI is InChI=1S/C14H21NO3/c1-2-12(10-16)15-9-11-4-5-13-14(8-11)18-7-3-6-17-13/h4-5,8,12,15-16H,2-3,6-7,9-10H2,1H3/t12-/m0/s1. The van der Waals surface area contributed by atoms with E-state index in [4.69, 9.17) is 14.6 Å². The van der Waals surface area contributed by atoms with Crippen LogP contribution in [0.25, 0.3) is 0 Å². The molecule has 1 aromatic rings. The molecule has 1 atom stereocenters. The van der Waals surface area contributed by atoms with E-state index in [-0.39, 0.29) is 12.6 Å². The van der Waals surface area contributed by atoms with Gasteiger partial charge in [-0.05, 0) is 24.1 Å². The van der Waals surface area contributed by atoms with E-state index in [1.54, 1.807) is 0 Å². The molecule has 1 aliphatic heterocycles. The molecular formula is C14H21NO3. The van der Waals surface area contributed by atoms with Gasteiger partial charge >= 0.3 is 0 Å². The molecule has 0 spiro atoms. The van der Waals surface area contributed by atoms with Crippen LogP contribution in [-0.4, -0.2) is 31.0 Å². The van der Waals surface area contributed by atoms with E-state index in [2.05, 4.69) is 12.2 Å². The lowest BCUT2D eigenvalue weighted by Gasteiger charge is -2.15. The molecule has 0 radical (unpaired) electrons. The molecule has 1 aromatic carbocycles. The lowest BCUT2D eigenvalue weighted by Crippen LogP contribution is -2.31. The molecule has 0 saturated heterocycles. The van der Waals surface area contributed by atoms with Gasteiger partial charge < -0.3 is 19.9 Å². The molecule has 4 heteroatoms. The fourth-order valence-electron chi connectivity index (χ4n) is 1.92. The SMILES string of the molecule is CC[C@@H](CO)NCc1ccc2c(c1)OCCCO2. The molecule has 0 fully saturated rings. The van der Waals surface area contributed by atoms with E-state index in [0.717, 1.165) is 36.4 Å². The summed E-state index contributed by atoms with van der Waals surface area (Å²) in [7, 11) is 0. The molecule has 0 aromatic heterocycles. The number of hydrogen-bond donors (Lipinski definition) is 2. The fourth-order valence-corrected chi connectivity index (χ4v) is 1.92. The topological polar surface area (TPSA) is 50.7 Å². The zero-order valence-corrected chi connectivity index (χ0v) is 10.8. The number of nitrogens with one attached hydrogen (secondary N) is 1. The molecule has 100 valence electrons. The number of aliphatic hydroxyl groups is 1.